The van der Waals surface area contributed by atoms with E-state index < -0.39 is 0 Å². The lowest BCUT2D eigenvalue weighted by molar-refractivity contribution is 0.306. The lowest BCUT2D eigenvalue weighted by Crippen LogP contribution is -2.00. The summed E-state index contributed by atoms with van der Waals surface area (Å²) in [7, 11) is 0. The van der Waals surface area contributed by atoms with Crippen molar-refractivity contribution < 1.29 is 9.15 Å². The van der Waals surface area contributed by atoms with Crippen molar-refractivity contribution in [3.8, 4) is 28.7 Å². The van der Waals surface area contributed by atoms with Crippen LogP contribution in [0.2, 0.25) is 0 Å². The fraction of sp³-hybridized carbons (Fsp3) is 0.0476. The quantitative estimate of drug-likeness (QED) is 0.493. The molecule has 0 bridgehead atoms. The minimum atomic E-state index is 0.316. The topological polar surface area (TPSA) is 104 Å². The van der Waals surface area contributed by atoms with E-state index >= 15 is 0 Å². The lowest BCUT2D eigenvalue weighted by Gasteiger charge is -2.08. The van der Waals surface area contributed by atoms with Crippen LogP contribution in [0.4, 0.5) is 5.82 Å². The van der Waals surface area contributed by atoms with Gasteiger partial charge in [0.15, 0.2) is 5.82 Å². The molecule has 2 N–H and O–H groups in total. The molecule has 0 amide bonds. The molecule has 0 aliphatic rings. The molecule has 5 rings (SSSR count). The molecule has 5 aromatic rings. The molecule has 0 atom stereocenters. The first-order valence-electron chi connectivity index (χ1n) is 8.96. The number of fused-ring (bicyclic) bond motifs is 1. The van der Waals surface area contributed by atoms with Gasteiger partial charge >= 0.3 is 0 Å². The largest absolute Gasteiger partial charge is 0.489 e. The highest BCUT2D eigenvalue weighted by Gasteiger charge is 2.20. The molecule has 0 saturated carbocycles. The molecule has 29 heavy (non-hydrogen) atoms. The van der Waals surface area contributed by atoms with Gasteiger partial charge in [0.25, 0.3) is 5.89 Å². The van der Waals surface area contributed by atoms with Crippen LogP contribution < -0.4 is 10.5 Å². The Hall–Kier alpha value is -4.20. The molecule has 0 radical (unpaired) electrons. The van der Waals surface area contributed by atoms with Crippen molar-refractivity contribution in [2.75, 3.05) is 5.73 Å². The van der Waals surface area contributed by atoms with E-state index in [9.17, 15) is 0 Å². The smallest absolute Gasteiger partial charge is 0.264 e. The van der Waals surface area contributed by atoms with Crippen LogP contribution in [0.1, 0.15) is 5.56 Å². The summed E-state index contributed by atoms with van der Waals surface area (Å²) < 4.78 is 12.9. The fourth-order valence-electron chi connectivity index (χ4n) is 3.10. The molecule has 8 heteroatoms. The number of nitrogens with two attached hydrogens (primary N) is 1. The summed E-state index contributed by atoms with van der Waals surface area (Å²) in [6.07, 6.45) is 4.41. The predicted octanol–water partition coefficient (Wildman–Crippen LogP) is 3.61. The minimum Gasteiger partial charge on any atom is -0.489 e. The zero-order chi connectivity index (χ0) is 19.6. The molecule has 3 heterocycles. The average Bonchev–Trinajstić information content (AvgIpc) is 3.42. The number of anilines is 1. The van der Waals surface area contributed by atoms with Crippen LogP contribution in [-0.4, -0.2) is 24.6 Å². The highest BCUT2D eigenvalue weighted by Crippen LogP contribution is 2.32. The van der Waals surface area contributed by atoms with E-state index in [4.69, 9.17) is 19.9 Å². The second-order valence-electron chi connectivity index (χ2n) is 6.33. The number of imidazole rings is 1. The monoisotopic (exact) mass is 384 g/mol. The zero-order valence-electron chi connectivity index (χ0n) is 15.3. The Bertz CT molecular complexity index is 1270. The van der Waals surface area contributed by atoms with E-state index in [0.717, 1.165) is 16.9 Å². The van der Waals surface area contributed by atoms with Gasteiger partial charge in [0.05, 0.1) is 6.20 Å². The molecule has 0 spiro atoms. The number of nitrogen functional groups attached to an aromatic ring is 1. The number of oxazole rings is 1. The molecule has 142 valence electrons. The van der Waals surface area contributed by atoms with Crippen molar-refractivity contribution >= 4 is 11.3 Å². The van der Waals surface area contributed by atoms with Gasteiger partial charge in [-0.15, -0.1) is 0 Å². The van der Waals surface area contributed by atoms with Crippen LogP contribution in [0.25, 0.3) is 28.5 Å². The third-order valence-corrected chi connectivity index (χ3v) is 4.44. The van der Waals surface area contributed by atoms with E-state index in [1.54, 1.807) is 10.7 Å². The van der Waals surface area contributed by atoms with Crippen molar-refractivity contribution in [3.63, 3.8) is 0 Å². The second kappa shape index (κ2) is 7.08. The number of aromatic nitrogens is 5. The van der Waals surface area contributed by atoms with Gasteiger partial charge in [-0.1, -0.05) is 42.5 Å². The van der Waals surface area contributed by atoms with Crippen LogP contribution in [0.3, 0.4) is 0 Å². The zero-order valence-corrected chi connectivity index (χ0v) is 15.3. The minimum absolute atomic E-state index is 0.316. The molecule has 0 unspecified atom stereocenters. The molecule has 0 aliphatic heterocycles. The van der Waals surface area contributed by atoms with E-state index in [1.165, 1.54) is 12.6 Å². The number of hydrogen-bond acceptors (Lipinski definition) is 7. The summed E-state index contributed by atoms with van der Waals surface area (Å²) in [6.45, 7) is 0.473. The Kier molecular flexibility index (Phi) is 4.14. The Morgan fingerprint density at radius 1 is 1.03 bits per heavy atom. The summed E-state index contributed by atoms with van der Waals surface area (Å²) in [4.78, 5) is 13.0. The molecule has 3 aromatic heterocycles. The van der Waals surface area contributed by atoms with Gasteiger partial charge < -0.3 is 14.9 Å². The SMILES string of the molecule is Nc1ncnn2c(-c3ncco3)nc(-c3cccc(OCc4ccccc4)c3)c12. The number of rotatable bonds is 5. The van der Waals surface area contributed by atoms with Gasteiger partial charge in [-0.25, -0.2) is 19.5 Å². The Balaban J connectivity index is 1.56. The second-order valence-corrected chi connectivity index (χ2v) is 6.33. The maximum absolute atomic E-state index is 6.14. The summed E-state index contributed by atoms with van der Waals surface area (Å²) in [6, 6.07) is 17.7. The predicted molar refractivity (Wildman–Crippen MR) is 107 cm³/mol. The molecular formula is C21H16N6O2. The maximum atomic E-state index is 6.14. The number of benzene rings is 2. The van der Waals surface area contributed by atoms with Crippen LogP contribution in [0.15, 0.2) is 77.8 Å². The molecule has 8 nitrogen and oxygen atoms in total. The molecule has 0 aliphatic carbocycles. The van der Waals surface area contributed by atoms with Gasteiger partial charge in [-0.05, 0) is 17.7 Å². The first-order chi connectivity index (χ1) is 14.3. The Morgan fingerprint density at radius 3 is 2.76 bits per heavy atom. The van der Waals surface area contributed by atoms with Crippen molar-refractivity contribution in [2.24, 2.45) is 0 Å². The molecular weight excluding hydrogens is 368 g/mol. The fourth-order valence-corrected chi connectivity index (χ4v) is 3.10. The highest BCUT2D eigenvalue weighted by molar-refractivity contribution is 5.87. The standard InChI is InChI=1S/C21H16N6O2/c22-19-18-17(26-20(21-23-9-10-28-21)27(18)25-13-24-19)15-7-4-8-16(11-15)29-12-14-5-2-1-3-6-14/h1-11,13H,12H2,(H2,22,24,25). The first-order valence-corrected chi connectivity index (χ1v) is 8.96. The number of nitrogens with zero attached hydrogens (tertiary/aromatic N) is 5. The number of hydrogen-bond donors (Lipinski definition) is 1. The normalized spacial score (nSPS) is 11.0. The van der Waals surface area contributed by atoms with Crippen LogP contribution >= 0.6 is 0 Å². The van der Waals surface area contributed by atoms with E-state index in [0.29, 0.717) is 35.4 Å². The molecule has 2 aromatic carbocycles. The third-order valence-electron chi connectivity index (χ3n) is 4.44. The van der Waals surface area contributed by atoms with Gasteiger partial charge in [0.1, 0.15) is 36.2 Å². The van der Waals surface area contributed by atoms with Gasteiger partial charge in [0, 0.05) is 5.56 Å². The van der Waals surface area contributed by atoms with Gasteiger partial charge in [-0.2, -0.15) is 5.10 Å². The number of ether oxygens (including phenoxy) is 1. The summed E-state index contributed by atoms with van der Waals surface area (Å²) in [5.41, 5.74) is 9.27. The van der Waals surface area contributed by atoms with Crippen LogP contribution in [-0.2, 0) is 6.61 Å². The van der Waals surface area contributed by atoms with Crippen molar-refractivity contribution in [2.45, 2.75) is 6.61 Å². The van der Waals surface area contributed by atoms with Gasteiger partial charge in [-0.3, -0.25) is 0 Å². The van der Waals surface area contributed by atoms with Crippen LogP contribution in [0.5, 0.6) is 5.75 Å². The van der Waals surface area contributed by atoms with Crippen molar-refractivity contribution in [1.82, 2.24) is 24.6 Å². The Labute approximate surface area is 165 Å². The summed E-state index contributed by atoms with van der Waals surface area (Å²) >= 11 is 0. The first kappa shape index (κ1) is 16.9. The van der Waals surface area contributed by atoms with E-state index in [-0.39, 0.29) is 0 Å². The average molecular weight is 384 g/mol. The summed E-state index contributed by atoms with van der Waals surface area (Å²) in [5.74, 6) is 1.84. The third kappa shape index (κ3) is 3.16. The maximum Gasteiger partial charge on any atom is 0.264 e. The van der Waals surface area contributed by atoms with Gasteiger partial charge in [0.2, 0.25) is 5.82 Å². The lowest BCUT2D eigenvalue weighted by atomic mass is 10.1. The van der Waals surface area contributed by atoms with E-state index in [2.05, 4.69) is 15.1 Å². The van der Waals surface area contributed by atoms with Crippen molar-refractivity contribution in [1.29, 1.82) is 0 Å². The summed E-state index contributed by atoms with van der Waals surface area (Å²) in [5, 5.41) is 4.27. The highest BCUT2D eigenvalue weighted by atomic mass is 16.5. The van der Waals surface area contributed by atoms with Crippen molar-refractivity contribution in [3.05, 3.63) is 78.9 Å². The van der Waals surface area contributed by atoms with Crippen LogP contribution in [0, 0.1) is 0 Å². The molecule has 0 fully saturated rings. The Morgan fingerprint density at radius 2 is 1.93 bits per heavy atom. The molecule has 0 saturated heterocycles. The van der Waals surface area contributed by atoms with E-state index in [1.807, 2.05) is 54.6 Å².